The highest BCUT2D eigenvalue weighted by atomic mass is 19.1. The van der Waals surface area contributed by atoms with Gasteiger partial charge in [0.15, 0.2) is 0 Å². The summed E-state index contributed by atoms with van der Waals surface area (Å²) in [5.41, 5.74) is 10.6. The molecule has 3 aliphatic heterocycles. The lowest BCUT2D eigenvalue weighted by Crippen LogP contribution is -2.35. The van der Waals surface area contributed by atoms with E-state index in [1.165, 1.54) is 17.8 Å². The Morgan fingerprint density at radius 2 is 1.84 bits per heavy atom. The molecule has 10 heteroatoms. The molecular formula is C41H48F2N8. The van der Waals surface area contributed by atoms with Crippen molar-refractivity contribution in [2.45, 2.75) is 58.4 Å². The molecule has 266 valence electrons. The predicted molar refractivity (Wildman–Crippen MR) is 203 cm³/mol. The van der Waals surface area contributed by atoms with Crippen molar-refractivity contribution in [3.05, 3.63) is 108 Å². The van der Waals surface area contributed by atoms with Gasteiger partial charge in [-0.3, -0.25) is 9.67 Å². The van der Waals surface area contributed by atoms with Crippen molar-refractivity contribution in [2.24, 2.45) is 18.0 Å². The summed E-state index contributed by atoms with van der Waals surface area (Å²) in [6.07, 6.45) is 7.77. The first-order valence-electron chi connectivity index (χ1n) is 18.1. The van der Waals surface area contributed by atoms with Crippen LogP contribution < -0.4 is 10.2 Å². The van der Waals surface area contributed by atoms with Gasteiger partial charge in [-0.05, 0) is 99.5 Å². The Kier molecular flexibility index (Phi) is 9.79. The Morgan fingerprint density at radius 1 is 1.04 bits per heavy atom. The van der Waals surface area contributed by atoms with Crippen LogP contribution in [0.5, 0.6) is 0 Å². The smallest absolute Gasteiger partial charge is 0.208 e. The summed E-state index contributed by atoms with van der Waals surface area (Å²) in [6.45, 7) is 16.6. The summed E-state index contributed by atoms with van der Waals surface area (Å²) in [5.74, 6) is 0.152. The number of halogens is 2. The number of rotatable bonds is 6. The zero-order valence-electron chi connectivity index (χ0n) is 30.2. The summed E-state index contributed by atoms with van der Waals surface area (Å²) < 4.78 is 29.4. The number of aliphatic imine (C=N–C) groups is 1. The number of fused-ring (bicyclic) bond motifs is 7. The van der Waals surface area contributed by atoms with Crippen molar-refractivity contribution in [1.29, 1.82) is 0 Å². The van der Waals surface area contributed by atoms with Gasteiger partial charge in [0.05, 0.1) is 29.0 Å². The molecule has 51 heavy (non-hydrogen) atoms. The van der Waals surface area contributed by atoms with Crippen molar-refractivity contribution < 1.29 is 8.78 Å². The number of nitrogens with one attached hydrogen (secondary N) is 1. The Balaban J connectivity index is 1.10. The molecule has 1 N–H and O–H groups in total. The van der Waals surface area contributed by atoms with Gasteiger partial charge in [-0.1, -0.05) is 32.6 Å². The van der Waals surface area contributed by atoms with Gasteiger partial charge >= 0.3 is 0 Å². The quantitative estimate of drug-likeness (QED) is 0.222. The second-order valence-corrected chi connectivity index (χ2v) is 14.6. The maximum atomic E-state index is 13.7. The molecule has 0 radical (unpaired) electrons. The van der Waals surface area contributed by atoms with Crippen molar-refractivity contribution >= 4 is 28.7 Å². The lowest BCUT2D eigenvalue weighted by Gasteiger charge is -2.27. The van der Waals surface area contributed by atoms with E-state index in [4.69, 9.17) is 9.98 Å². The van der Waals surface area contributed by atoms with Crippen LogP contribution in [0, 0.1) is 24.5 Å². The minimum Gasteiger partial charge on any atom is -0.370 e. The summed E-state index contributed by atoms with van der Waals surface area (Å²) in [7, 11) is 4.11. The van der Waals surface area contributed by atoms with E-state index in [-0.39, 0.29) is 0 Å². The van der Waals surface area contributed by atoms with E-state index in [0.29, 0.717) is 29.6 Å². The minimum atomic E-state index is -0.529. The summed E-state index contributed by atoms with van der Waals surface area (Å²) >= 11 is 0. The van der Waals surface area contributed by atoms with Gasteiger partial charge in [0.2, 0.25) is 5.96 Å². The Morgan fingerprint density at radius 3 is 2.65 bits per heavy atom. The Hall–Kier alpha value is -4.83. The van der Waals surface area contributed by atoms with Crippen LogP contribution in [0.4, 0.5) is 20.2 Å². The average molecular weight is 691 g/mol. The van der Waals surface area contributed by atoms with E-state index < -0.39 is 11.6 Å². The molecule has 1 saturated heterocycles. The lowest BCUT2D eigenvalue weighted by atomic mass is 10.00. The van der Waals surface area contributed by atoms with E-state index in [1.807, 2.05) is 30.9 Å². The monoisotopic (exact) mass is 690 g/mol. The normalized spacial score (nSPS) is 20.2. The van der Waals surface area contributed by atoms with E-state index in [9.17, 15) is 8.78 Å². The number of pyridine rings is 1. The van der Waals surface area contributed by atoms with E-state index >= 15 is 0 Å². The minimum absolute atomic E-state index is 0.329. The molecule has 2 atom stereocenters. The van der Waals surface area contributed by atoms with Gasteiger partial charge in [0, 0.05) is 73.5 Å². The molecule has 0 saturated carbocycles. The van der Waals surface area contributed by atoms with Gasteiger partial charge < -0.3 is 20.0 Å². The SMILES string of the molecule is C=C1/N=C2\Nc3ccc(C(=C)N4CCC(N(C)CCc5cc(F)cc(F)c5)C4)cc3N2C[C@H](C)CCCCc2c(cnn2C)-c2cc1cc(C)n2. The standard InChI is InChI=1S/C41H48F2N8/c1-26-9-7-8-10-39-36(23-44-49(39)6)38-20-32(17-27(2)45-38)28(3)46-41-47-37-12-11-31(21-40(37)51(41)24-26)29(4)50-16-14-35(25-50)48(5)15-13-30-18-33(42)22-34(43)19-30/h11-12,17-23,26,35H,3-4,7-10,13-16,24-25H2,1-2,5-6H3,(H,46,47)/t26-,35?/m1/s1. The number of likely N-dealkylation sites (tertiary alicyclic amines) is 1. The van der Waals surface area contributed by atoms with Crippen molar-refractivity contribution in [3.63, 3.8) is 0 Å². The largest absolute Gasteiger partial charge is 0.370 e. The molecule has 3 aliphatic rings. The van der Waals surface area contributed by atoms with Crippen molar-refractivity contribution in [2.75, 3.05) is 43.4 Å². The Labute approximate surface area is 300 Å². The van der Waals surface area contributed by atoms with E-state index in [0.717, 1.165) is 115 Å². The molecule has 0 spiro atoms. The summed E-state index contributed by atoms with van der Waals surface area (Å²) in [5, 5.41) is 8.18. The first-order chi connectivity index (χ1) is 24.5. The fraction of sp³-hybridized carbons (Fsp3) is 0.390. The molecule has 7 rings (SSSR count). The molecule has 1 unspecified atom stereocenters. The number of aromatic nitrogens is 3. The van der Waals surface area contributed by atoms with Gasteiger partial charge in [0.1, 0.15) is 11.6 Å². The molecule has 0 aliphatic carbocycles. The third-order valence-corrected chi connectivity index (χ3v) is 10.7. The molecule has 2 aromatic heterocycles. The zero-order valence-corrected chi connectivity index (χ0v) is 30.2. The molecule has 0 amide bonds. The number of aryl methyl sites for hydroxylation is 2. The molecule has 2 bridgehead atoms. The van der Waals surface area contributed by atoms with Gasteiger partial charge in [-0.15, -0.1) is 0 Å². The van der Waals surface area contributed by atoms with Crippen LogP contribution in [0.15, 0.2) is 72.9 Å². The summed E-state index contributed by atoms with van der Waals surface area (Å²) in [4.78, 5) is 17.0. The highest BCUT2D eigenvalue weighted by Gasteiger charge is 2.30. The van der Waals surface area contributed by atoms with Gasteiger partial charge in [0.25, 0.3) is 0 Å². The van der Waals surface area contributed by atoms with Crippen LogP contribution in [0.3, 0.4) is 0 Å². The molecule has 2 aromatic carbocycles. The number of anilines is 2. The van der Waals surface area contributed by atoms with Crippen LogP contribution in [0.1, 0.15) is 60.7 Å². The maximum absolute atomic E-state index is 13.7. The maximum Gasteiger partial charge on any atom is 0.208 e. The second kappa shape index (κ2) is 14.4. The van der Waals surface area contributed by atoms with E-state index in [2.05, 4.69) is 76.5 Å². The van der Waals surface area contributed by atoms with Crippen molar-refractivity contribution in [1.82, 2.24) is 24.6 Å². The highest BCUT2D eigenvalue weighted by molar-refractivity contribution is 6.16. The molecule has 8 nitrogen and oxygen atoms in total. The van der Waals surface area contributed by atoms with Gasteiger partial charge in [-0.25, -0.2) is 13.8 Å². The fourth-order valence-corrected chi connectivity index (χ4v) is 7.71. The van der Waals surface area contributed by atoms with E-state index in [1.54, 1.807) is 0 Å². The number of likely N-dealkylation sites (N-methyl/N-ethyl adjacent to an activating group) is 1. The number of guanidine groups is 1. The van der Waals surface area contributed by atoms with Gasteiger partial charge in [-0.2, -0.15) is 5.10 Å². The Bertz CT molecular complexity index is 1980. The number of nitrogens with zero attached hydrogens (tertiary/aromatic N) is 7. The molecule has 1 fully saturated rings. The number of hydrogen-bond donors (Lipinski definition) is 1. The summed E-state index contributed by atoms with van der Waals surface area (Å²) in [6, 6.07) is 14.7. The highest BCUT2D eigenvalue weighted by Crippen LogP contribution is 2.38. The molecular weight excluding hydrogens is 643 g/mol. The second-order valence-electron chi connectivity index (χ2n) is 14.6. The zero-order chi connectivity index (χ0) is 35.8. The fourth-order valence-electron chi connectivity index (χ4n) is 7.71. The number of hydrogen-bond acceptors (Lipinski definition) is 7. The first-order valence-corrected chi connectivity index (χ1v) is 18.1. The lowest BCUT2D eigenvalue weighted by molar-refractivity contribution is 0.250. The first kappa shape index (κ1) is 34.6. The van der Waals surface area contributed by atoms with Crippen LogP contribution >= 0.6 is 0 Å². The van der Waals surface area contributed by atoms with Crippen LogP contribution in [-0.2, 0) is 19.9 Å². The third kappa shape index (κ3) is 7.47. The molecule has 5 heterocycles. The van der Waals surface area contributed by atoms with Crippen LogP contribution in [-0.4, -0.2) is 69.8 Å². The van der Waals surface area contributed by atoms with Crippen molar-refractivity contribution in [3.8, 4) is 11.3 Å². The topological polar surface area (TPSA) is 64.8 Å². The average Bonchev–Trinajstić information content (AvgIpc) is 3.82. The predicted octanol–water partition coefficient (Wildman–Crippen LogP) is 7.91. The number of benzene rings is 2. The third-order valence-electron chi connectivity index (χ3n) is 10.7. The molecule has 4 aromatic rings. The van der Waals surface area contributed by atoms with Crippen LogP contribution in [0.2, 0.25) is 0 Å². The van der Waals surface area contributed by atoms with Crippen LogP contribution in [0.25, 0.3) is 22.7 Å².